The van der Waals surface area contributed by atoms with Gasteiger partial charge in [0, 0.05) is 17.8 Å². The molecule has 2 N–H and O–H groups in total. The number of hydrogen-bond donors (Lipinski definition) is 1. The van der Waals surface area contributed by atoms with Crippen molar-refractivity contribution in [2.75, 3.05) is 12.8 Å². The molecule has 0 bridgehead atoms. The topological polar surface area (TPSA) is 78.9 Å². The van der Waals surface area contributed by atoms with E-state index < -0.39 is 0 Å². The highest BCUT2D eigenvalue weighted by molar-refractivity contribution is 5.59. The molecule has 106 valence electrons. The Labute approximate surface area is 122 Å². The summed E-state index contributed by atoms with van der Waals surface area (Å²) in [5.41, 5.74) is 8.49. The Bertz CT molecular complexity index is 736. The van der Waals surface area contributed by atoms with Crippen LogP contribution in [0.15, 0.2) is 49.1 Å². The molecule has 0 radical (unpaired) electrons. The molecule has 2 aromatic heterocycles. The fraction of sp³-hybridized carbons (Fsp3) is 0.133. The first-order valence-corrected chi connectivity index (χ1v) is 6.48. The van der Waals surface area contributed by atoms with Crippen molar-refractivity contribution in [3.63, 3.8) is 0 Å². The van der Waals surface area contributed by atoms with E-state index in [1.54, 1.807) is 19.4 Å². The van der Waals surface area contributed by atoms with Gasteiger partial charge in [-0.1, -0.05) is 12.1 Å². The minimum atomic E-state index is 0.447. The molecular weight excluding hydrogens is 266 g/mol. The number of aromatic nitrogens is 4. The molecule has 0 unspecified atom stereocenters. The smallest absolute Gasteiger partial charge is 0.127 e. The van der Waals surface area contributed by atoms with Crippen molar-refractivity contribution in [1.82, 2.24) is 19.7 Å². The van der Waals surface area contributed by atoms with Crippen LogP contribution in [0.1, 0.15) is 5.56 Å². The summed E-state index contributed by atoms with van der Waals surface area (Å²) in [4.78, 5) is 8.08. The van der Waals surface area contributed by atoms with Crippen LogP contribution in [0.2, 0.25) is 0 Å². The normalized spacial score (nSPS) is 10.5. The highest BCUT2D eigenvalue weighted by atomic mass is 16.5. The Morgan fingerprint density at radius 2 is 2.00 bits per heavy atom. The van der Waals surface area contributed by atoms with E-state index in [1.807, 2.05) is 35.1 Å². The summed E-state index contributed by atoms with van der Waals surface area (Å²) in [7, 11) is 1.65. The Hall–Kier alpha value is -2.89. The fourth-order valence-electron chi connectivity index (χ4n) is 2.03. The third-order valence-electron chi connectivity index (χ3n) is 3.12. The number of methoxy groups -OCH3 is 1. The number of ether oxygens (including phenoxy) is 1. The highest BCUT2D eigenvalue weighted by Crippen LogP contribution is 2.18. The van der Waals surface area contributed by atoms with Crippen molar-refractivity contribution in [3.05, 3.63) is 54.6 Å². The first kappa shape index (κ1) is 13.1. The molecule has 0 saturated heterocycles. The van der Waals surface area contributed by atoms with E-state index in [0.29, 0.717) is 12.4 Å². The molecule has 3 rings (SSSR count). The number of rotatable bonds is 4. The average Bonchev–Trinajstić information content (AvgIpc) is 2.97. The molecular formula is C15H15N5O. The van der Waals surface area contributed by atoms with Crippen LogP contribution < -0.4 is 10.5 Å². The monoisotopic (exact) mass is 281 g/mol. The zero-order chi connectivity index (χ0) is 14.7. The Morgan fingerprint density at radius 3 is 2.71 bits per heavy atom. The summed E-state index contributed by atoms with van der Waals surface area (Å²) in [5, 5.41) is 4.34. The van der Waals surface area contributed by atoms with Crippen LogP contribution in [0, 0.1) is 0 Å². The predicted molar refractivity (Wildman–Crippen MR) is 79.8 cm³/mol. The SMILES string of the molecule is COc1ccc(Cn2cc(-c3cc(N)ncn3)cn2)cc1. The number of anilines is 1. The molecule has 0 aliphatic carbocycles. The van der Waals surface area contributed by atoms with Gasteiger partial charge in [0.25, 0.3) is 0 Å². The molecule has 1 aromatic carbocycles. The van der Waals surface area contributed by atoms with Crippen LogP contribution >= 0.6 is 0 Å². The van der Waals surface area contributed by atoms with Crippen LogP contribution in [0.5, 0.6) is 5.75 Å². The van der Waals surface area contributed by atoms with Gasteiger partial charge in [0.15, 0.2) is 0 Å². The van der Waals surface area contributed by atoms with Gasteiger partial charge in [0.2, 0.25) is 0 Å². The lowest BCUT2D eigenvalue weighted by atomic mass is 10.2. The van der Waals surface area contributed by atoms with Crippen molar-refractivity contribution < 1.29 is 4.74 Å². The van der Waals surface area contributed by atoms with Crippen LogP contribution in [-0.2, 0) is 6.54 Å². The molecule has 0 fully saturated rings. The highest BCUT2D eigenvalue weighted by Gasteiger charge is 2.05. The van der Waals surface area contributed by atoms with Gasteiger partial charge < -0.3 is 10.5 Å². The summed E-state index contributed by atoms with van der Waals surface area (Å²) < 4.78 is 7.00. The van der Waals surface area contributed by atoms with E-state index in [4.69, 9.17) is 10.5 Å². The van der Waals surface area contributed by atoms with Gasteiger partial charge in [0.05, 0.1) is 25.5 Å². The van der Waals surface area contributed by atoms with Crippen molar-refractivity contribution in [1.29, 1.82) is 0 Å². The Morgan fingerprint density at radius 1 is 1.19 bits per heavy atom. The maximum absolute atomic E-state index is 5.66. The maximum Gasteiger partial charge on any atom is 0.127 e. The zero-order valence-corrected chi connectivity index (χ0v) is 11.6. The van der Waals surface area contributed by atoms with E-state index in [9.17, 15) is 0 Å². The lowest BCUT2D eigenvalue weighted by Gasteiger charge is -2.03. The van der Waals surface area contributed by atoms with Gasteiger partial charge in [-0.3, -0.25) is 4.68 Å². The van der Waals surface area contributed by atoms with Crippen molar-refractivity contribution in [2.45, 2.75) is 6.54 Å². The van der Waals surface area contributed by atoms with Gasteiger partial charge in [-0.25, -0.2) is 9.97 Å². The average molecular weight is 281 g/mol. The first-order valence-electron chi connectivity index (χ1n) is 6.48. The van der Waals surface area contributed by atoms with Gasteiger partial charge in [-0.2, -0.15) is 5.10 Å². The van der Waals surface area contributed by atoms with E-state index >= 15 is 0 Å². The summed E-state index contributed by atoms with van der Waals surface area (Å²) in [5.74, 6) is 1.29. The second-order valence-electron chi connectivity index (χ2n) is 4.60. The van der Waals surface area contributed by atoms with Crippen LogP contribution in [0.25, 0.3) is 11.3 Å². The molecule has 21 heavy (non-hydrogen) atoms. The third-order valence-corrected chi connectivity index (χ3v) is 3.12. The number of hydrogen-bond acceptors (Lipinski definition) is 5. The second-order valence-corrected chi connectivity index (χ2v) is 4.60. The molecule has 0 amide bonds. The number of nitrogens with two attached hydrogens (primary N) is 1. The molecule has 0 aliphatic heterocycles. The molecule has 6 nitrogen and oxygen atoms in total. The molecule has 0 aliphatic rings. The minimum absolute atomic E-state index is 0.447. The Balaban J connectivity index is 1.78. The fourth-order valence-corrected chi connectivity index (χ4v) is 2.03. The van der Waals surface area contributed by atoms with E-state index in [0.717, 1.165) is 22.6 Å². The number of nitrogen functional groups attached to an aromatic ring is 1. The molecule has 2 heterocycles. The molecule has 0 atom stereocenters. The summed E-state index contributed by atoms with van der Waals surface area (Å²) in [6, 6.07) is 9.64. The van der Waals surface area contributed by atoms with Crippen molar-refractivity contribution >= 4 is 5.82 Å². The molecule has 3 aromatic rings. The van der Waals surface area contributed by atoms with Crippen molar-refractivity contribution in [2.24, 2.45) is 0 Å². The Kier molecular flexibility index (Phi) is 3.51. The number of benzene rings is 1. The predicted octanol–water partition coefficient (Wildman–Crippen LogP) is 1.98. The minimum Gasteiger partial charge on any atom is -0.497 e. The van der Waals surface area contributed by atoms with Gasteiger partial charge in [-0.05, 0) is 17.7 Å². The first-order chi connectivity index (χ1) is 10.2. The zero-order valence-electron chi connectivity index (χ0n) is 11.6. The van der Waals surface area contributed by atoms with E-state index in [2.05, 4.69) is 15.1 Å². The second kappa shape index (κ2) is 5.62. The summed E-state index contributed by atoms with van der Waals surface area (Å²) in [6.45, 7) is 0.685. The van der Waals surface area contributed by atoms with Gasteiger partial charge in [-0.15, -0.1) is 0 Å². The number of nitrogens with zero attached hydrogens (tertiary/aromatic N) is 4. The van der Waals surface area contributed by atoms with Crippen LogP contribution in [-0.4, -0.2) is 26.9 Å². The van der Waals surface area contributed by atoms with Crippen LogP contribution in [0.3, 0.4) is 0 Å². The van der Waals surface area contributed by atoms with E-state index in [-0.39, 0.29) is 0 Å². The largest absolute Gasteiger partial charge is 0.497 e. The summed E-state index contributed by atoms with van der Waals surface area (Å²) in [6.07, 6.45) is 5.16. The van der Waals surface area contributed by atoms with Gasteiger partial charge in [0.1, 0.15) is 17.9 Å². The van der Waals surface area contributed by atoms with Gasteiger partial charge >= 0.3 is 0 Å². The lowest BCUT2D eigenvalue weighted by molar-refractivity contribution is 0.414. The molecule has 6 heteroatoms. The quantitative estimate of drug-likeness (QED) is 0.791. The lowest BCUT2D eigenvalue weighted by Crippen LogP contribution is -1.99. The summed E-state index contributed by atoms with van der Waals surface area (Å²) >= 11 is 0. The maximum atomic E-state index is 5.66. The standard InChI is InChI=1S/C15H15N5O/c1-21-13-4-2-11(3-5-13)8-20-9-12(7-19-20)14-6-15(16)18-10-17-14/h2-7,9-10H,8H2,1H3,(H2,16,17,18). The van der Waals surface area contributed by atoms with E-state index in [1.165, 1.54) is 6.33 Å². The molecule has 0 spiro atoms. The van der Waals surface area contributed by atoms with Crippen molar-refractivity contribution in [3.8, 4) is 17.0 Å². The van der Waals surface area contributed by atoms with Crippen LogP contribution in [0.4, 0.5) is 5.82 Å². The third kappa shape index (κ3) is 3.00. The molecule has 0 saturated carbocycles.